The summed E-state index contributed by atoms with van der Waals surface area (Å²) < 4.78 is 5.40. The molecule has 2 amide bonds. The number of aromatic nitrogens is 2. The molecule has 1 aromatic heterocycles. The average Bonchev–Trinajstić information content (AvgIpc) is 3.25. The molecule has 0 saturated heterocycles. The Balaban J connectivity index is 0.00000341. The predicted molar refractivity (Wildman–Crippen MR) is 120 cm³/mol. The summed E-state index contributed by atoms with van der Waals surface area (Å²) in [5, 5.41) is 10.7. The Bertz CT molecular complexity index is 1100. The molecule has 7 N–H and O–H groups in total. The van der Waals surface area contributed by atoms with E-state index in [1.165, 1.54) is 6.07 Å². The van der Waals surface area contributed by atoms with Crippen LogP contribution in [0.5, 0.6) is 5.75 Å². The van der Waals surface area contributed by atoms with Crippen LogP contribution in [-0.4, -0.2) is 34.2 Å². The van der Waals surface area contributed by atoms with Crippen LogP contribution < -0.4 is 21.5 Å². The predicted octanol–water partition coefficient (Wildman–Crippen LogP) is 2.23. The minimum absolute atomic E-state index is 0. The number of nitrogen functional groups attached to an aromatic ring is 1. The van der Waals surface area contributed by atoms with Gasteiger partial charge >= 0.3 is 0 Å². The normalized spacial score (nSPS) is 10.1. The fourth-order valence-electron chi connectivity index (χ4n) is 2.71. The Morgan fingerprint density at radius 3 is 2.58 bits per heavy atom. The van der Waals surface area contributed by atoms with Crippen LogP contribution in [0, 0.1) is 5.41 Å². The van der Waals surface area contributed by atoms with Gasteiger partial charge in [-0.3, -0.25) is 15.0 Å². The first-order chi connectivity index (χ1) is 14.3. The van der Waals surface area contributed by atoms with Gasteiger partial charge in [0.25, 0.3) is 11.8 Å². The van der Waals surface area contributed by atoms with E-state index in [2.05, 4.69) is 15.3 Å². The van der Waals surface area contributed by atoms with Crippen LogP contribution in [0.3, 0.4) is 0 Å². The zero-order valence-electron chi connectivity index (χ0n) is 16.1. The van der Waals surface area contributed by atoms with Gasteiger partial charge in [0.1, 0.15) is 17.4 Å². The molecular weight excluding hydrogens is 443 g/mol. The fourth-order valence-corrected chi connectivity index (χ4v) is 2.94. The van der Waals surface area contributed by atoms with Gasteiger partial charge in [0.05, 0.1) is 0 Å². The Morgan fingerprint density at radius 2 is 1.94 bits per heavy atom. The lowest BCUT2D eigenvalue weighted by atomic mass is 10.1. The van der Waals surface area contributed by atoms with Gasteiger partial charge in [-0.1, -0.05) is 23.7 Å². The van der Waals surface area contributed by atoms with Crippen molar-refractivity contribution in [3.05, 3.63) is 70.5 Å². The van der Waals surface area contributed by atoms with E-state index in [4.69, 9.17) is 33.2 Å². The molecule has 9 nitrogen and oxygen atoms in total. The van der Waals surface area contributed by atoms with E-state index >= 15 is 0 Å². The minimum Gasteiger partial charge on any atom is -0.483 e. The first-order valence-corrected chi connectivity index (χ1v) is 9.18. The highest BCUT2D eigenvalue weighted by Crippen LogP contribution is 2.23. The van der Waals surface area contributed by atoms with Crippen molar-refractivity contribution in [2.45, 2.75) is 6.54 Å². The van der Waals surface area contributed by atoms with Gasteiger partial charge in [0.2, 0.25) is 0 Å². The molecule has 11 heteroatoms. The summed E-state index contributed by atoms with van der Waals surface area (Å²) in [6, 6.07) is 9.71. The highest BCUT2D eigenvalue weighted by atomic mass is 35.5. The number of ether oxygens (including phenoxy) is 1. The molecule has 31 heavy (non-hydrogen) atoms. The Labute approximate surface area is 189 Å². The summed E-state index contributed by atoms with van der Waals surface area (Å²) in [6.07, 6.45) is 3.28. The number of rotatable bonds is 8. The van der Waals surface area contributed by atoms with E-state index < -0.39 is 5.91 Å². The molecule has 0 spiro atoms. The number of carbonyl (C=O) groups excluding carboxylic acids is 2. The molecule has 0 bridgehead atoms. The summed E-state index contributed by atoms with van der Waals surface area (Å²) in [4.78, 5) is 30.9. The molecule has 162 valence electrons. The number of hydrogen-bond acceptors (Lipinski definition) is 5. The number of amidine groups is 1. The SMILES string of the molecule is Cl.N=C(N)c1ccc(CNC(=O)c2cc(Cl)cc(-c3ncc[nH]3)c2)c(OCC(N)=O)c1. The summed E-state index contributed by atoms with van der Waals surface area (Å²) in [5.41, 5.74) is 12.7. The number of primary amides is 1. The standard InChI is InChI=1S/C20H19ClN6O3.ClH/c21-15-6-13(19-25-3-4-26-19)5-14(7-15)20(29)27-9-12-2-1-11(18(23)24)8-16(12)30-10-17(22)28;/h1-8H,9-10H2,(H2,22,28)(H3,23,24)(H,25,26)(H,27,29);1H. The summed E-state index contributed by atoms with van der Waals surface area (Å²) >= 11 is 6.15. The fraction of sp³-hybridized carbons (Fsp3) is 0.100. The van der Waals surface area contributed by atoms with Crippen molar-refractivity contribution < 1.29 is 14.3 Å². The lowest BCUT2D eigenvalue weighted by molar-refractivity contribution is -0.119. The molecule has 0 aliphatic rings. The van der Waals surface area contributed by atoms with Crippen molar-refractivity contribution in [2.24, 2.45) is 11.5 Å². The van der Waals surface area contributed by atoms with E-state index in [-0.39, 0.29) is 37.3 Å². The Kier molecular flexibility index (Phi) is 8.00. The summed E-state index contributed by atoms with van der Waals surface area (Å²) in [6.45, 7) is -0.239. The number of nitrogens with one attached hydrogen (secondary N) is 3. The van der Waals surface area contributed by atoms with Gasteiger partial charge in [-0.2, -0.15) is 0 Å². The third kappa shape index (κ3) is 6.21. The van der Waals surface area contributed by atoms with Crippen molar-refractivity contribution in [3.63, 3.8) is 0 Å². The molecule has 3 aromatic rings. The van der Waals surface area contributed by atoms with Crippen LogP contribution in [0.2, 0.25) is 5.02 Å². The zero-order chi connectivity index (χ0) is 21.7. The molecule has 0 saturated carbocycles. The lowest BCUT2D eigenvalue weighted by Crippen LogP contribution is -2.24. The number of nitrogens with two attached hydrogens (primary N) is 2. The largest absolute Gasteiger partial charge is 0.483 e. The molecule has 0 fully saturated rings. The molecule has 3 rings (SSSR count). The maximum Gasteiger partial charge on any atom is 0.255 e. The first-order valence-electron chi connectivity index (χ1n) is 8.80. The zero-order valence-corrected chi connectivity index (χ0v) is 17.7. The number of aromatic amines is 1. The number of imidazole rings is 1. The van der Waals surface area contributed by atoms with E-state index in [9.17, 15) is 9.59 Å². The van der Waals surface area contributed by atoms with Crippen molar-refractivity contribution in [3.8, 4) is 17.1 Å². The monoisotopic (exact) mass is 462 g/mol. The van der Waals surface area contributed by atoms with Crippen LogP contribution in [0.1, 0.15) is 21.5 Å². The number of amides is 2. The molecule has 0 unspecified atom stereocenters. The van der Waals surface area contributed by atoms with E-state index in [1.54, 1.807) is 42.7 Å². The highest BCUT2D eigenvalue weighted by molar-refractivity contribution is 6.31. The minimum atomic E-state index is -0.650. The van der Waals surface area contributed by atoms with Crippen molar-refractivity contribution in [1.82, 2.24) is 15.3 Å². The number of H-pyrrole nitrogens is 1. The Morgan fingerprint density at radius 1 is 1.16 bits per heavy atom. The summed E-state index contributed by atoms with van der Waals surface area (Å²) in [5.74, 6) is -0.277. The van der Waals surface area contributed by atoms with Gasteiger partial charge in [0, 0.05) is 46.2 Å². The van der Waals surface area contributed by atoms with Crippen LogP contribution in [0.15, 0.2) is 48.8 Å². The first kappa shape index (κ1) is 23.7. The lowest BCUT2D eigenvalue weighted by Gasteiger charge is -2.13. The van der Waals surface area contributed by atoms with Crippen molar-refractivity contribution in [1.29, 1.82) is 5.41 Å². The van der Waals surface area contributed by atoms with E-state index in [0.717, 1.165) is 0 Å². The second kappa shape index (κ2) is 10.5. The number of halogens is 2. The van der Waals surface area contributed by atoms with Crippen LogP contribution in [0.4, 0.5) is 0 Å². The van der Waals surface area contributed by atoms with E-state index in [1.807, 2.05) is 0 Å². The van der Waals surface area contributed by atoms with Gasteiger partial charge in [0.15, 0.2) is 6.61 Å². The number of nitrogens with zero attached hydrogens (tertiary/aromatic N) is 1. The van der Waals surface area contributed by atoms with Crippen LogP contribution >= 0.6 is 24.0 Å². The third-order valence-electron chi connectivity index (χ3n) is 4.12. The molecular formula is C20H20Cl2N6O3. The van der Waals surface area contributed by atoms with Gasteiger partial charge in [-0.25, -0.2) is 4.98 Å². The quantitative estimate of drug-likeness (QED) is 0.255. The molecule has 0 aliphatic heterocycles. The second-order valence-electron chi connectivity index (χ2n) is 6.34. The van der Waals surface area contributed by atoms with Crippen LogP contribution in [-0.2, 0) is 11.3 Å². The van der Waals surface area contributed by atoms with E-state index in [0.29, 0.717) is 38.9 Å². The van der Waals surface area contributed by atoms with Gasteiger partial charge in [-0.15, -0.1) is 12.4 Å². The van der Waals surface area contributed by atoms with Crippen LogP contribution in [0.25, 0.3) is 11.4 Å². The van der Waals surface area contributed by atoms with Gasteiger partial charge < -0.3 is 26.5 Å². The summed E-state index contributed by atoms with van der Waals surface area (Å²) in [7, 11) is 0. The molecule has 0 aliphatic carbocycles. The molecule has 1 heterocycles. The second-order valence-corrected chi connectivity index (χ2v) is 6.78. The smallest absolute Gasteiger partial charge is 0.255 e. The average molecular weight is 463 g/mol. The molecule has 0 atom stereocenters. The van der Waals surface area contributed by atoms with Crippen molar-refractivity contribution in [2.75, 3.05) is 6.61 Å². The highest BCUT2D eigenvalue weighted by Gasteiger charge is 2.13. The number of carbonyl (C=O) groups is 2. The molecule has 0 radical (unpaired) electrons. The molecule has 2 aromatic carbocycles. The topological polar surface area (TPSA) is 160 Å². The third-order valence-corrected chi connectivity index (χ3v) is 4.34. The van der Waals surface area contributed by atoms with Gasteiger partial charge in [-0.05, 0) is 24.3 Å². The van der Waals surface area contributed by atoms with Crippen molar-refractivity contribution >= 4 is 41.7 Å². The maximum absolute atomic E-state index is 12.7. The number of hydrogen-bond donors (Lipinski definition) is 5. The maximum atomic E-state index is 12.7. The number of benzene rings is 2. The Hall–Kier alpha value is -3.56.